The number of aromatic nitrogens is 1. The highest BCUT2D eigenvalue weighted by Gasteiger charge is 2.27. The van der Waals surface area contributed by atoms with Gasteiger partial charge < -0.3 is 10.1 Å². The Hall–Kier alpha value is -3.75. The molecular formula is C26H25N3O4S. The molecule has 0 aliphatic carbocycles. The van der Waals surface area contributed by atoms with Gasteiger partial charge in [-0.05, 0) is 55.3 Å². The first-order valence-corrected chi connectivity index (χ1v) is 12.4. The van der Waals surface area contributed by atoms with Gasteiger partial charge in [-0.1, -0.05) is 48.5 Å². The average molecular weight is 476 g/mol. The molecule has 0 aliphatic rings. The van der Waals surface area contributed by atoms with Crippen LogP contribution in [0.2, 0.25) is 0 Å². The van der Waals surface area contributed by atoms with E-state index < -0.39 is 22.0 Å². The van der Waals surface area contributed by atoms with Gasteiger partial charge in [0.2, 0.25) is 15.9 Å². The number of rotatable bonds is 9. The third kappa shape index (κ3) is 5.59. The minimum Gasteiger partial charge on any atom is -0.494 e. The van der Waals surface area contributed by atoms with E-state index in [0.29, 0.717) is 28.9 Å². The third-order valence-electron chi connectivity index (χ3n) is 5.21. The first-order chi connectivity index (χ1) is 16.5. The molecule has 0 spiro atoms. The van der Waals surface area contributed by atoms with Gasteiger partial charge in [0.1, 0.15) is 16.7 Å². The summed E-state index contributed by atoms with van der Waals surface area (Å²) in [5.74, 6) is 0.218. The van der Waals surface area contributed by atoms with Crippen LogP contribution in [-0.4, -0.2) is 32.0 Å². The molecular weight excluding hydrogens is 450 g/mol. The molecule has 0 unspecified atom stereocenters. The highest BCUT2D eigenvalue weighted by Crippen LogP contribution is 2.22. The van der Waals surface area contributed by atoms with E-state index in [-0.39, 0.29) is 11.3 Å². The lowest BCUT2D eigenvalue weighted by Crippen LogP contribution is -2.45. The second-order valence-electron chi connectivity index (χ2n) is 7.64. The zero-order chi connectivity index (χ0) is 24.0. The van der Waals surface area contributed by atoms with Gasteiger partial charge in [0.15, 0.2) is 0 Å². The Balaban J connectivity index is 1.62. The summed E-state index contributed by atoms with van der Waals surface area (Å²) in [4.78, 5) is 17.5. The van der Waals surface area contributed by atoms with Gasteiger partial charge in [-0.15, -0.1) is 0 Å². The van der Waals surface area contributed by atoms with Crippen LogP contribution in [0.25, 0.3) is 10.9 Å². The van der Waals surface area contributed by atoms with Gasteiger partial charge in [0.05, 0.1) is 12.1 Å². The van der Waals surface area contributed by atoms with Crippen LogP contribution in [0.4, 0.5) is 5.69 Å². The van der Waals surface area contributed by atoms with E-state index in [4.69, 9.17) is 4.74 Å². The first kappa shape index (κ1) is 23.4. The first-order valence-electron chi connectivity index (χ1n) is 10.9. The lowest BCUT2D eigenvalue weighted by atomic mass is 10.1. The number of benzene rings is 3. The van der Waals surface area contributed by atoms with Crippen molar-refractivity contribution in [2.75, 3.05) is 11.9 Å². The number of para-hydroxylation sites is 1. The predicted molar refractivity (Wildman–Crippen MR) is 132 cm³/mol. The van der Waals surface area contributed by atoms with Gasteiger partial charge in [-0.2, -0.15) is 4.72 Å². The lowest BCUT2D eigenvalue weighted by molar-refractivity contribution is -0.117. The third-order valence-corrected chi connectivity index (χ3v) is 6.72. The molecule has 2 N–H and O–H groups in total. The summed E-state index contributed by atoms with van der Waals surface area (Å²) in [6.07, 6.45) is 1.72. The fourth-order valence-corrected chi connectivity index (χ4v) is 4.99. The second kappa shape index (κ2) is 10.5. The van der Waals surface area contributed by atoms with Gasteiger partial charge in [0, 0.05) is 17.3 Å². The molecule has 1 heterocycles. The van der Waals surface area contributed by atoms with Crippen LogP contribution in [0.3, 0.4) is 0 Å². The number of fused-ring (bicyclic) bond motifs is 1. The maximum absolute atomic E-state index is 13.4. The van der Waals surface area contributed by atoms with E-state index >= 15 is 0 Å². The van der Waals surface area contributed by atoms with Crippen molar-refractivity contribution in [3.63, 3.8) is 0 Å². The Morgan fingerprint density at radius 3 is 2.41 bits per heavy atom. The smallest absolute Gasteiger partial charge is 0.243 e. The zero-order valence-corrected chi connectivity index (χ0v) is 19.5. The molecule has 1 aromatic heterocycles. The Morgan fingerprint density at radius 1 is 0.941 bits per heavy atom. The van der Waals surface area contributed by atoms with Gasteiger partial charge >= 0.3 is 0 Å². The molecule has 7 nitrogen and oxygen atoms in total. The Kier molecular flexibility index (Phi) is 7.20. The summed E-state index contributed by atoms with van der Waals surface area (Å²) in [7, 11) is -4.05. The van der Waals surface area contributed by atoms with Crippen molar-refractivity contribution in [2.45, 2.75) is 24.3 Å². The topological polar surface area (TPSA) is 97.4 Å². The highest BCUT2D eigenvalue weighted by molar-refractivity contribution is 7.89. The fourth-order valence-electron chi connectivity index (χ4n) is 3.61. The summed E-state index contributed by atoms with van der Waals surface area (Å²) in [5, 5.41) is 3.50. The molecule has 0 saturated heterocycles. The molecule has 0 aliphatic heterocycles. The number of hydrogen-bond acceptors (Lipinski definition) is 5. The van der Waals surface area contributed by atoms with Crippen molar-refractivity contribution < 1.29 is 17.9 Å². The number of carbonyl (C=O) groups is 1. The van der Waals surface area contributed by atoms with E-state index in [9.17, 15) is 13.2 Å². The van der Waals surface area contributed by atoms with Crippen LogP contribution in [0.1, 0.15) is 12.5 Å². The number of hydrogen-bond donors (Lipinski definition) is 2. The van der Waals surface area contributed by atoms with E-state index in [1.165, 1.54) is 6.07 Å². The predicted octanol–water partition coefficient (Wildman–Crippen LogP) is 4.16. The maximum Gasteiger partial charge on any atom is 0.243 e. The lowest BCUT2D eigenvalue weighted by Gasteiger charge is -2.19. The molecule has 34 heavy (non-hydrogen) atoms. The Bertz CT molecular complexity index is 1370. The molecule has 8 heteroatoms. The molecule has 4 rings (SSSR count). The van der Waals surface area contributed by atoms with E-state index in [1.807, 2.05) is 37.3 Å². The second-order valence-corrected chi connectivity index (χ2v) is 9.32. The molecule has 0 radical (unpaired) electrons. The minimum atomic E-state index is -4.05. The van der Waals surface area contributed by atoms with E-state index in [1.54, 1.807) is 54.7 Å². The van der Waals surface area contributed by atoms with Gasteiger partial charge in [-0.3, -0.25) is 9.78 Å². The van der Waals surface area contributed by atoms with Gasteiger partial charge in [-0.25, -0.2) is 8.42 Å². The fraction of sp³-hybridized carbons (Fsp3) is 0.154. The molecule has 0 fully saturated rings. The number of nitrogens with zero attached hydrogens (tertiary/aromatic N) is 1. The Morgan fingerprint density at radius 2 is 1.68 bits per heavy atom. The van der Waals surface area contributed by atoms with Crippen molar-refractivity contribution in [3.05, 3.63) is 96.7 Å². The normalized spacial score (nSPS) is 12.3. The van der Waals surface area contributed by atoms with Gasteiger partial charge in [0.25, 0.3) is 0 Å². The number of sulfonamides is 1. The Labute approximate surface area is 198 Å². The number of amides is 1. The molecule has 1 atom stereocenters. The quantitative estimate of drug-likeness (QED) is 0.379. The van der Waals surface area contributed by atoms with E-state index in [2.05, 4.69) is 15.0 Å². The highest BCUT2D eigenvalue weighted by atomic mass is 32.2. The van der Waals surface area contributed by atoms with Crippen LogP contribution in [0, 0.1) is 0 Å². The van der Waals surface area contributed by atoms with Crippen LogP contribution in [0.15, 0.2) is 96.0 Å². The summed E-state index contributed by atoms with van der Waals surface area (Å²) < 4.78 is 34.8. The average Bonchev–Trinajstić information content (AvgIpc) is 2.85. The van der Waals surface area contributed by atoms with Crippen molar-refractivity contribution in [3.8, 4) is 5.75 Å². The zero-order valence-electron chi connectivity index (χ0n) is 18.6. The van der Waals surface area contributed by atoms with E-state index in [0.717, 1.165) is 5.56 Å². The summed E-state index contributed by atoms with van der Waals surface area (Å²) >= 11 is 0. The molecule has 0 saturated carbocycles. The number of ether oxygens (including phenoxy) is 1. The monoisotopic (exact) mass is 475 g/mol. The van der Waals surface area contributed by atoms with Crippen LogP contribution in [0.5, 0.6) is 5.75 Å². The van der Waals surface area contributed by atoms with Crippen molar-refractivity contribution in [1.29, 1.82) is 0 Å². The van der Waals surface area contributed by atoms with Crippen molar-refractivity contribution >= 4 is 32.5 Å². The molecule has 0 bridgehead atoms. The van der Waals surface area contributed by atoms with Crippen molar-refractivity contribution in [1.82, 2.24) is 9.71 Å². The minimum absolute atomic E-state index is 0.0255. The summed E-state index contributed by atoms with van der Waals surface area (Å²) in [6.45, 7) is 2.43. The standard InChI is InChI=1S/C26H25N3O4S/c1-2-33-22-15-13-21(14-16-22)28-26(30)23(18-19-8-4-3-5-9-19)29-34(31,32)24-12-6-10-20-11-7-17-27-25(20)24/h3-17,23,29H,2,18H2,1H3,(H,28,30)/t23-/m0/s1. The summed E-state index contributed by atoms with van der Waals surface area (Å²) in [5.41, 5.74) is 1.72. The molecule has 1 amide bonds. The maximum atomic E-state index is 13.4. The van der Waals surface area contributed by atoms with Crippen molar-refractivity contribution in [2.24, 2.45) is 0 Å². The van der Waals surface area contributed by atoms with Crippen LogP contribution < -0.4 is 14.8 Å². The number of anilines is 1. The summed E-state index contributed by atoms with van der Waals surface area (Å²) in [6, 6.07) is 23.6. The number of pyridine rings is 1. The number of nitrogens with one attached hydrogen (secondary N) is 2. The molecule has 174 valence electrons. The van der Waals surface area contributed by atoms with Crippen LogP contribution >= 0.6 is 0 Å². The largest absolute Gasteiger partial charge is 0.494 e. The molecule has 3 aromatic carbocycles. The molecule has 4 aromatic rings. The SMILES string of the molecule is CCOc1ccc(NC(=O)[C@H](Cc2ccccc2)NS(=O)(=O)c2cccc3cccnc23)cc1. The number of carbonyl (C=O) groups excluding carboxylic acids is 1. The van der Waals surface area contributed by atoms with Crippen LogP contribution in [-0.2, 0) is 21.2 Å².